The number of carbonyl (C=O) groups is 2. The number of amides is 2. The number of aromatic amines is 1. The number of fused-ring (bicyclic) bond motifs is 5. The summed E-state index contributed by atoms with van der Waals surface area (Å²) >= 11 is 0. The van der Waals surface area contributed by atoms with Gasteiger partial charge < -0.3 is 15.6 Å². The van der Waals surface area contributed by atoms with Crippen molar-refractivity contribution in [2.75, 3.05) is 0 Å². The number of aromatic nitrogens is 1. The van der Waals surface area contributed by atoms with Crippen LogP contribution < -0.4 is 16.2 Å². The van der Waals surface area contributed by atoms with Crippen LogP contribution in [0.25, 0.3) is 0 Å². The minimum absolute atomic E-state index is 0.0559. The van der Waals surface area contributed by atoms with Crippen LogP contribution in [0.1, 0.15) is 64.4 Å². The highest BCUT2D eigenvalue weighted by molar-refractivity contribution is 5.89. The van der Waals surface area contributed by atoms with Crippen molar-refractivity contribution < 1.29 is 9.59 Å². The molecule has 32 heavy (non-hydrogen) atoms. The topological polar surface area (TPSA) is 91.1 Å². The van der Waals surface area contributed by atoms with E-state index in [1.54, 1.807) is 18.3 Å². The van der Waals surface area contributed by atoms with Gasteiger partial charge in [0, 0.05) is 36.7 Å². The Bertz CT molecular complexity index is 980. The molecule has 0 saturated heterocycles. The second-order valence-electron chi connectivity index (χ2n) is 11.1. The van der Waals surface area contributed by atoms with Crippen LogP contribution in [0.4, 0.5) is 0 Å². The van der Waals surface area contributed by atoms with Gasteiger partial charge >= 0.3 is 0 Å². The standard InChI is InChI=1S/C26H35N3O3/c1-25-11-9-20-18(5-7-21-26(20,2)12-10-23(31)29-21)19(25)6-4-17(25)13-24(32)28-15-16-3-8-22(30)27-14-16/h3,8,10,12,14,17-21H,4-7,9,11,13,15H2,1-2H3,(H,27,30)(H,28,32)(H,29,31)/t17-,18+,19+,20+,21-,25-,26-/m1/s1. The lowest BCUT2D eigenvalue weighted by Crippen LogP contribution is -2.59. The second kappa shape index (κ2) is 7.89. The lowest BCUT2D eigenvalue weighted by molar-refractivity contribution is -0.125. The van der Waals surface area contributed by atoms with Crippen molar-refractivity contribution in [2.45, 2.75) is 71.4 Å². The van der Waals surface area contributed by atoms with Gasteiger partial charge in [0.05, 0.1) is 0 Å². The fraction of sp³-hybridized carbons (Fsp3) is 0.654. The Morgan fingerprint density at radius 1 is 1.09 bits per heavy atom. The summed E-state index contributed by atoms with van der Waals surface area (Å²) in [6.07, 6.45) is 13.1. The molecule has 3 fully saturated rings. The Labute approximate surface area is 189 Å². The van der Waals surface area contributed by atoms with Gasteiger partial charge in [-0.1, -0.05) is 26.0 Å². The van der Waals surface area contributed by atoms with Gasteiger partial charge in [0.2, 0.25) is 17.4 Å². The van der Waals surface area contributed by atoms with E-state index in [2.05, 4.69) is 35.5 Å². The molecular formula is C26H35N3O3. The van der Waals surface area contributed by atoms with E-state index < -0.39 is 0 Å². The van der Waals surface area contributed by atoms with Crippen LogP contribution in [0.15, 0.2) is 35.3 Å². The zero-order valence-corrected chi connectivity index (χ0v) is 19.2. The van der Waals surface area contributed by atoms with E-state index in [-0.39, 0.29) is 34.2 Å². The second-order valence-corrected chi connectivity index (χ2v) is 11.1. The number of hydrogen-bond acceptors (Lipinski definition) is 3. The summed E-state index contributed by atoms with van der Waals surface area (Å²) in [7, 11) is 0. The Morgan fingerprint density at radius 3 is 2.72 bits per heavy atom. The van der Waals surface area contributed by atoms with E-state index in [1.807, 2.05) is 0 Å². The molecule has 172 valence electrons. The first-order valence-electron chi connectivity index (χ1n) is 12.2. The third kappa shape index (κ3) is 3.52. The molecule has 4 aliphatic rings. The van der Waals surface area contributed by atoms with Crippen molar-refractivity contribution in [3.05, 3.63) is 46.4 Å². The van der Waals surface area contributed by atoms with Crippen LogP contribution in [0.3, 0.4) is 0 Å². The van der Waals surface area contributed by atoms with Crippen LogP contribution in [0.5, 0.6) is 0 Å². The summed E-state index contributed by atoms with van der Waals surface area (Å²) < 4.78 is 0. The maximum atomic E-state index is 12.8. The fourth-order valence-corrected chi connectivity index (χ4v) is 7.83. The van der Waals surface area contributed by atoms with Crippen LogP contribution in [-0.4, -0.2) is 22.8 Å². The quantitative estimate of drug-likeness (QED) is 0.675. The van der Waals surface area contributed by atoms with Gasteiger partial charge in [-0.15, -0.1) is 0 Å². The van der Waals surface area contributed by atoms with Crippen LogP contribution >= 0.6 is 0 Å². The van der Waals surface area contributed by atoms with Crippen molar-refractivity contribution in [3.63, 3.8) is 0 Å². The number of H-pyrrole nitrogens is 1. The molecule has 0 aromatic carbocycles. The average Bonchev–Trinajstić information content (AvgIpc) is 3.10. The van der Waals surface area contributed by atoms with Gasteiger partial charge in [-0.2, -0.15) is 0 Å². The van der Waals surface area contributed by atoms with E-state index in [4.69, 9.17) is 0 Å². The van der Waals surface area contributed by atoms with E-state index in [9.17, 15) is 14.4 Å². The molecule has 6 heteroatoms. The van der Waals surface area contributed by atoms with Gasteiger partial charge in [0.1, 0.15) is 0 Å². The maximum Gasteiger partial charge on any atom is 0.247 e. The summed E-state index contributed by atoms with van der Waals surface area (Å²) in [5.74, 6) is 2.56. The molecule has 1 aliphatic heterocycles. The van der Waals surface area contributed by atoms with E-state index in [0.717, 1.165) is 18.4 Å². The zero-order valence-electron chi connectivity index (χ0n) is 19.2. The van der Waals surface area contributed by atoms with Crippen molar-refractivity contribution in [3.8, 4) is 0 Å². The molecule has 7 atom stereocenters. The number of nitrogens with one attached hydrogen (secondary N) is 3. The minimum atomic E-state index is -0.130. The molecule has 3 aliphatic carbocycles. The highest BCUT2D eigenvalue weighted by Crippen LogP contribution is 2.65. The molecule has 1 aromatic rings. The Kier molecular flexibility index (Phi) is 5.30. The van der Waals surface area contributed by atoms with Crippen molar-refractivity contribution >= 4 is 11.8 Å². The summed E-state index contributed by atoms with van der Waals surface area (Å²) in [6.45, 7) is 5.24. The largest absolute Gasteiger partial charge is 0.352 e. The molecule has 2 amide bonds. The van der Waals surface area contributed by atoms with Gasteiger partial charge in [0.15, 0.2) is 0 Å². The van der Waals surface area contributed by atoms with E-state index in [0.29, 0.717) is 36.6 Å². The smallest absolute Gasteiger partial charge is 0.247 e. The Balaban J connectivity index is 1.25. The first-order valence-corrected chi connectivity index (χ1v) is 12.2. The van der Waals surface area contributed by atoms with Crippen molar-refractivity contribution in [1.29, 1.82) is 0 Å². The summed E-state index contributed by atoms with van der Waals surface area (Å²) in [6, 6.07) is 3.51. The molecule has 5 rings (SSSR count). The summed E-state index contributed by atoms with van der Waals surface area (Å²) in [5.41, 5.74) is 1.06. The maximum absolute atomic E-state index is 12.8. The molecule has 3 N–H and O–H groups in total. The predicted octanol–water partition coefficient (Wildman–Crippen LogP) is 3.29. The SMILES string of the molecule is C[C@]12C=CC(=O)N[C@@H]1CC[C@@H]1[C@@H]2CC[C@]2(C)[C@@H](CC(=O)NCc3ccc(=O)[nH]c3)CC[C@@H]12. The Hall–Kier alpha value is -2.37. The van der Waals surface area contributed by atoms with Gasteiger partial charge in [-0.05, 0) is 79.3 Å². The number of carbonyl (C=O) groups excluding carboxylic acids is 2. The minimum Gasteiger partial charge on any atom is -0.352 e. The van der Waals surface area contributed by atoms with Crippen LogP contribution in [0.2, 0.25) is 0 Å². The molecular weight excluding hydrogens is 402 g/mol. The summed E-state index contributed by atoms with van der Waals surface area (Å²) in [5, 5.41) is 6.28. The molecule has 0 bridgehead atoms. The van der Waals surface area contributed by atoms with Gasteiger partial charge in [-0.3, -0.25) is 14.4 Å². The van der Waals surface area contributed by atoms with Gasteiger partial charge in [0.25, 0.3) is 0 Å². The number of pyridine rings is 1. The molecule has 2 heterocycles. The molecule has 3 saturated carbocycles. The Morgan fingerprint density at radius 2 is 1.94 bits per heavy atom. The fourth-order valence-electron chi connectivity index (χ4n) is 7.83. The normalized spacial score (nSPS) is 40.1. The molecule has 0 unspecified atom stereocenters. The first kappa shape index (κ1) is 21.5. The molecule has 0 radical (unpaired) electrons. The highest BCUT2D eigenvalue weighted by Gasteiger charge is 2.59. The lowest BCUT2D eigenvalue weighted by Gasteiger charge is -2.59. The molecule has 0 spiro atoms. The van der Waals surface area contributed by atoms with Crippen LogP contribution in [-0.2, 0) is 16.1 Å². The third-order valence-electron chi connectivity index (χ3n) is 9.65. The molecule has 1 aromatic heterocycles. The molecule has 6 nitrogen and oxygen atoms in total. The monoisotopic (exact) mass is 437 g/mol. The zero-order chi connectivity index (χ0) is 22.5. The van der Waals surface area contributed by atoms with Gasteiger partial charge in [-0.25, -0.2) is 0 Å². The van der Waals surface area contributed by atoms with E-state index >= 15 is 0 Å². The first-order chi connectivity index (χ1) is 15.3. The average molecular weight is 438 g/mol. The van der Waals surface area contributed by atoms with E-state index in [1.165, 1.54) is 31.7 Å². The number of rotatable bonds is 4. The lowest BCUT2D eigenvalue weighted by atomic mass is 9.48. The highest BCUT2D eigenvalue weighted by atomic mass is 16.2. The summed E-state index contributed by atoms with van der Waals surface area (Å²) in [4.78, 5) is 38.5. The third-order valence-corrected chi connectivity index (χ3v) is 9.65. The number of hydrogen-bond donors (Lipinski definition) is 3. The predicted molar refractivity (Wildman–Crippen MR) is 122 cm³/mol. The van der Waals surface area contributed by atoms with Crippen molar-refractivity contribution in [2.24, 2.45) is 34.5 Å². The van der Waals surface area contributed by atoms with Crippen LogP contribution in [0, 0.1) is 34.5 Å². The van der Waals surface area contributed by atoms with Crippen molar-refractivity contribution in [1.82, 2.24) is 15.6 Å².